The van der Waals surface area contributed by atoms with Crippen LogP contribution in [0, 0.1) is 5.82 Å². The molecule has 3 N–H and O–H groups in total. The van der Waals surface area contributed by atoms with Crippen molar-refractivity contribution in [2.24, 2.45) is 0 Å². The van der Waals surface area contributed by atoms with Crippen LogP contribution in [-0.2, 0) is 6.61 Å². The van der Waals surface area contributed by atoms with Gasteiger partial charge in [-0.2, -0.15) is 0 Å². The van der Waals surface area contributed by atoms with Gasteiger partial charge in [-0.3, -0.25) is 4.98 Å². The summed E-state index contributed by atoms with van der Waals surface area (Å²) < 4.78 is 15.3. The molecule has 28 heavy (non-hydrogen) atoms. The number of benzene rings is 1. The van der Waals surface area contributed by atoms with Gasteiger partial charge in [0.15, 0.2) is 5.65 Å². The molecular weight excluding hydrogens is 361 g/mol. The smallest absolute Gasteiger partial charge is 0.154 e. The predicted octanol–water partition coefficient (Wildman–Crippen LogP) is 3.30. The normalized spacial score (nSPS) is 12.2. The molecular formula is C20H18FN5O2. The highest BCUT2D eigenvalue weighted by Gasteiger charge is 2.14. The van der Waals surface area contributed by atoms with Crippen LogP contribution in [0.4, 0.5) is 10.2 Å². The fraction of sp³-hybridized carbons (Fsp3) is 0.150. The van der Waals surface area contributed by atoms with Crippen molar-refractivity contribution in [1.82, 2.24) is 19.6 Å². The fourth-order valence-corrected chi connectivity index (χ4v) is 3.10. The van der Waals surface area contributed by atoms with Gasteiger partial charge in [0.1, 0.15) is 23.1 Å². The molecule has 1 atom stereocenters. The van der Waals surface area contributed by atoms with Gasteiger partial charge in [0.05, 0.1) is 24.5 Å². The predicted molar refractivity (Wildman–Crippen MR) is 102 cm³/mol. The highest BCUT2D eigenvalue weighted by molar-refractivity contribution is 5.61. The number of anilines is 1. The molecule has 1 unspecified atom stereocenters. The Bertz CT molecular complexity index is 1140. The Morgan fingerprint density at radius 2 is 2.00 bits per heavy atom. The number of nitrogens with one attached hydrogen (secondary N) is 1. The van der Waals surface area contributed by atoms with Crippen molar-refractivity contribution < 1.29 is 14.6 Å². The van der Waals surface area contributed by atoms with Gasteiger partial charge in [-0.25, -0.2) is 13.9 Å². The molecule has 8 heteroatoms. The number of aromatic nitrogens is 4. The van der Waals surface area contributed by atoms with Gasteiger partial charge in [-0.05, 0) is 48.4 Å². The molecule has 0 aliphatic heterocycles. The molecule has 0 amide bonds. The zero-order valence-electron chi connectivity index (χ0n) is 15.0. The summed E-state index contributed by atoms with van der Waals surface area (Å²) in [6.07, 6.45) is 3.14. The van der Waals surface area contributed by atoms with Gasteiger partial charge in [0.25, 0.3) is 0 Å². The standard InChI is InChI=1S/C20H18FN5O2/c1-12(16-8-14(21)3-2-13(16)11-27)24-19-4-5-20-23-10-18(26(20)25-19)17-9-15(28)6-7-22-17/h2-10,12,27H,11H2,1H3,(H,22,28)(H,24,25). The monoisotopic (exact) mass is 379 g/mol. The molecule has 0 fully saturated rings. The average Bonchev–Trinajstić information content (AvgIpc) is 3.11. The molecule has 3 aromatic heterocycles. The summed E-state index contributed by atoms with van der Waals surface area (Å²) in [6, 6.07) is 10.6. The third-order valence-corrected chi connectivity index (χ3v) is 4.48. The summed E-state index contributed by atoms with van der Waals surface area (Å²) in [6.45, 7) is 1.69. The summed E-state index contributed by atoms with van der Waals surface area (Å²) in [5, 5.41) is 27.0. The van der Waals surface area contributed by atoms with Crippen LogP contribution in [0.15, 0.2) is 54.9 Å². The van der Waals surface area contributed by atoms with E-state index >= 15 is 0 Å². The second-order valence-corrected chi connectivity index (χ2v) is 6.40. The molecule has 0 aliphatic rings. The Morgan fingerprint density at radius 1 is 1.14 bits per heavy atom. The van der Waals surface area contributed by atoms with Gasteiger partial charge in [-0.1, -0.05) is 6.07 Å². The van der Waals surface area contributed by atoms with Crippen LogP contribution in [0.1, 0.15) is 24.1 Å². The summed E-state index contributed by atoms with van der Waals surface area (Å²) in [5.41, 5.74) is 3.10. The number of aromatic hydroxyl groups is 1. The Hall–Kier alpha value is -3.52. The van der Waals surface area contributed by atoms with E-state index in [-0.39, 0.29) is 24.2 Å². The van der Waals surface area contributed by atoms with Crippen molar-refractivity contribution in [2.75, 3.05) is 5.32 Å². The topological polar surface area (TPSA) is 95.6 Å². The Morgan fingerprint density at radius 3 is 2.79 bits per heavy atom. The summed E-state index contributed by atoms with van der Waals surface area (Å²) in [7, 11) is 0. The van der Waals surface area contributed by atoms with Gasteiger partial charge in [0.2, 0.25) is 0 Å². The van der Waals surface area contributed by atoms with E-state index in [0.717, 1.165) is 0 Å². The third-order valence-electron chi connectivity index (χ3n) is 4.48. The number of aliphatic hydroxyl groups excluding tert-OH is 1. The number of halogens is 1. The number of pyridine rings is 1. The van der Waals surface area contributed by atoms with Crippen molar-refractivity contribution >= 4 is 11.5 Å². The molecule has 142 valence electrons. The van der Waals surface area contributed by atoms with Crippen LogP contribution < -0.4 is 5.32 Å². The molecule has 0 saturated carbocycles. The first-order valence-corrected chi connectivity index (χ1v) is 8.71. The zero-order chi connectivity index (χ0) is 19.7. The molecule has 4 aromatic rings. The summed E-state index contributed by atoms with van der Waals surface area (Å²) >= 11 is 0. The summed E-state index contributed by atoms with van der Waals surface area (Å²) in [4.78, 5) is 8.56. The van der Waals surface area contributed by atoms with Crippen molar-refractivity contribution in [3.8, 4) is 17.1 Å². The van der Waals surface area contributed by atoms with E-state index in [1.165, 1.54) is 30.5 Å². The Kier molecular flexibility index (Phi) is 4.62. The minimum Gasteiger partial charge on any atom is -0.508 e. The minimum atomic E-state index is -0.365. The maximum absolute atomic E-state index is 13.7. The first-order chi connectivity index (χ1) is 13.5. The molecule has 0 spiro atoms. The lowest BCUT2D eigenvalue weighted by molar-refractivity contribution is 0.280. The SMILES string of the molecule is CC(Nc1ccc2ncc(-c3cc(O)ccn3)n2n1)c1cc(F)ccc1CO. The number of aliphatic hydroxyl groups is 1. The number of fused-ring (bicyclic) bond motifs is 1. The first kappa shape index (κ1) is 17.9. The van der Waals surface area contributed by atoms with E-state index in [2.05, 4.69) is 20.4 Å². The van der Waals surface area contributed by atoms with Crippen LogP contribution >= 0.6 is 0 Å². The van der Waals surface area contributed by atoms with E-state index < -0.39 is 0 Å². The first-order valence-electron chi connectivity index (χ1n) is 8.71. The van der Waals surface area contributed by atoms with Crippen LogP contribution in [0.5, 0.6) is 5.75 Å². The maximum Gasteiger partial charge on any atom is 0.154 e. The molecule has 1 aromatic carbocycles. The number of imidazole rings is 1. The largest absolute Gasteiger partial charge is 0.508 e. The van der Waals surface area contributed by atoms with E-state index in [1.807, 2.05) is 6.92 Å². The minimum absolute atomic E-state index is 0.102. The molecule has 7 nitrogen and oxygen atoms in total. The Labute approximate surface area is 160 Å². The maximum atomic E-state index is 13.7. The van der Waals surface area contributed by atoms with Crippen molar-refractivity contribution in [3.05, 3.63) is 71.8 Å². The molecule has 4 rings (SSSR count). The van der Waals surface area contributed by atoms with Crippen molar-refractivity contribution in [1.29, 1.82) is 0 Å². The van der Waals surface area contributed by atoms with E-state index in [4.69, 9.17) is 0 Å². The molecule has 0 aliphatic carbocycles. The Balaban J connectivity index is 1.69. The van der Waals surface area contributed by atoms with Crippen molar-refractivity contribution in [2.45, 2.75) is 19.6 Å². The number of nitrogens with zero attached hydrogens (tertiary/aromatic N) is 4. The lowest BCUT2D eigenvalue weighted by Gasteiger charge is -2.18. The second kappa shape index (κ2) is 7.24. The highest BCUT2D eigenvalue weighted by atomic mass is 19.1. The van der Waals surface area contributed by atoms with Crippen LogP contribution in [0.3, 0.4) is 0 Å². The van der Waals surface area contributed by atoms with E-state index in [9.17, 15) is 14.6 Å². The molecule has 0 radical (unpaired) electrons. The molecule has 0 saturated heterocycles. The number of hydrogen-bond acceptors (Lipinski definition) is 6. The van der Waals surface area contributed by atoms with Crippen LogP contribution in [-0.4, -0.2) is 29.8 Å². The van der Waals surface area contributed by atoms with Gasteiger partial charge < -0.3 is 15.5 Å². The fourth-order valence-electron chi connectivity index (χ4n) is 3.10. The number of rotatable bonds is 5. The molecule has 0 bridgehead atoms. The molecule has 3 heterocycles. The third kappa shape index (κ3) is 3.37. The summed E-state index contributed by atoms with van der Waals surface area (Å²) in [5.74, 6) is 0.286. The van der Waals surface area contributed by atoms with Crippen molar-refractivity contribution in [3.63, 3.8) is 0 Å². The van der Waals surface area contributed by atoms with Crippen LogP contribution in [0.25, 0.3) is 17.0 Å². The van der Waals surface area contributed by atoms with Gasteiger partial charge in [0, 0.05) is 12.3 Å². The van der Waals surface area contributed by atoms with E-state index in [1.54, 1.807) is 28.9 Å². The highest BCUT2D eigenvalue weighted by Crippen LogP contribution is 2.25. The lowest BCUT2D eigenvalue weighted by Crippen LogP contribution is -2.12. The number of hydrogen-bond donors (Lipinski definition) is 3. The van der Waals surface area contributed by atoms with Crippen LogP contribution in [0.2, 0.25) is 0 Å². The lowest BCUT2D eigenvalue weighted by atomic mass is 10.0. The second-order valence-electron chi connectivity index (χ2n) is 6.40. The quantitative estimate of drug-likeness (QED) is 0.492. The zero-order valence-corrected chi connectivity index (χ0v) is 15.0. The van der Waals surface area contributed by atoms with Gasteiger partial charge >= 0.3 is 0 Å². The van der Waals surface area contributed by atoms with E-state index in [0.29, 0.717) is 34.0 Å². The average molecular weight is 379 g/mol. The van der Waals surface area contributed by atoms with Gasteiger partial charge in [-0.15, -0.1) is 5.10 Å².